The fraction of sp³-hybridized carbons (Fsp3) is 0.400. The zero-order chi connectivity index (χ0) is 60.1. The SMILES string of the molecule is CCCCCCCCC(C)OC(=O)c1ccc(-c2ccc(OC(=O)c3ccc(OC(=O)CCCCCCC(=O)Oc4ccc(C(=O)Oc5ccc(-c6ccc(C(=O)OC(C)CCCCCCCC)cc6)cc5)cc4OC)c(OC)c3)cc2)cc1. The van der Waals surface area contributed by atoms with Crippen molar-refractivity contribution in [1.82, 2.24) is 0 Å². The van der Waals surface area contributed by atoms with Crippen LogP contribution in [0.4, 0.5) is 0 Å². The number of methoxy groups -OCH3 is 2. The molecule has 0 spiro atoms. The zero-order valence-corrected chi connectivity index (χ0v) is 49.7. The van der Waals surface area contributed by atoms with Crippen LogP contribution in [0, 0.1) is 0 Å². The van der Waals surface area contributed by atoms with Gasteiger partial charge in [-0.3, -0.25) is 9.59 Å². The Morgan fingerprint density at radius 2 is 0.643 bits per heavy atom. The van der Waals surface area contributed by atoms with E-state index in [1.807, 2.05) is 62.4 Å². The van der Waals surface area contributed by atoms with Crippen molar-refractivity contribution in [3.63, 3.8) is 0 Å². The van der Waals surface area contributed by atoms with Gasteiger partial charge in [0.1, 0.15) is 11.5 Å². The number of unbranched alkanes of at least 4 members (excludes halogenated alkanes) is 13. The van der Waals surface area contributed by atoms with Gasteiger partial charge in [-0.05, 0) is 160 Å². The Balaban J connectivity index is 0.859. The maximum Gasteiger partial charge on any atom is 0.343 e. The van der Waals surface area contributed by atoms with E-state index in [4.69, 9.17) is 37.9 Å². The lowest BCUT2D eigenvalue weighted by Gasteiger charge is -2.13. The normalized spacial score (nSPS) is 11.6. The Hall–Kier alpha value is -8.26. The number of hydrogen-bond acceptors (Lipinski definition) is 14. The third-order valence-corrected chi connectivity index (χ3v) is 14.3. The topological polar surface area (TPSA) is 176 Å². The summed E-state index contributed by atoms with van der Waals surface area (Å²) in [6, 6.07) is 37.3. The average Bonchev–Trinajstić information content (AvgIpc) is 3.71. The number of carbonyl (C=O) groups is 6. The Bertz CT molecular complexity index is 2830. The molecule has 6 rings (SSSR count). The molecule has 0 bridgehead atoms. The fourth-order valence-electron chi connectivity index (χ4n) is 9.40. The monoisotopic (exact) mass is 1150 g/mol. The summed E-state index contributed by atoms with van der Waals surface area (Å²) in [5.74, 6) is -1.57. The van der Waals surface area contributed by atoms with Crippen LogP contribution >= 0.6 is 0 Å². The van der Waals surface area contributed by atoms with E-state index in [0.717, 1.165) is 60.8 Å². The highest BCUT2D eigenvalue weighted by Crippen LogP contribution is 2.32. The molecule has 84 heavy (non-hydrogen) atoms. The lowest BCUT2D eigenvalue weighted by atomic mass is 10.0. The fourth-order valence-corrected chi connectivity index (χ4v) is 9.40. The third-order valence-electron chi connectivity index (χ3n) is 14.3. The quantitative estimate of drug-likeness (QED) is 0.0209. The summed E-state index contributed by atoms with van der Waals surface area (Å²) in [5, 5.41) is 0. The van der Waals surface area contributed by atoms with Crippen LogP contribution in [0.5, 0.6) is 34.5 Å². The van der Waals surface area contributed by atoms with Gasteiger partial charge < -0.3 is 37.9 Å². The first kappa shape index (κ1) is 64.9. The van der Waals surface area contributed by atoms with Gasteiger partial charge in [0.2, 0.25) is 0 Å². The maximum atomic E-state index is 13.1. The molecule has 0 saturated heterocycles. The molecule has 14 nitrogen and oxygen atoms in total. The Morgan fingerprint density at radius 3 is 0.988 bits per heavy atom. The van der Waals surface area contributed by atoms with Crippen LogP contribution in [0.1, 0.15) is 198 Å². The van der Waals surface area contributed by atoms with Crippen molar-refractivity contribution >= 4 is 35.8 Å². The molecule has 0 heterocycles. The summed E-state index contributed by atoms with van der Waals surface area (Å²) in [4.78, 5) is 77.4. The molecule has 6 aromatic carbocycles. The molecule has 2 unspecified atom stereocenters. The molecule has 0 N–H and O–H groups in total. The van der Waals surface area contributed by atoms with Gasteiger partial charge in [0.05, 0.1) is 48.7 Å². The Kier molecular flexibility index (Phi) is 27.1. The van der Waals surface area contributed by atoms with E-state index in [2.05, 4.69) is 13.8 Å². The second-order valence-electron chi connectivity index (χ2n) is 21.1. The Labute approximate surface area is 495 Å². The molecule has 0 aliphatic heterocycles. The smallest absolute Gasteiger partial charge is 0.343 e. The minimum Gasteiger partial charge on any atom is -0.493 e. The van der Waals surface area contributed by atoms with Crippen molar-refractivity contribution in [2.45, 2.75) is 168 Å². The van der Waals surface area contributed by atoms with E-state index in [-0.39, 0.29) is 71.1 Å². The van der Waals surface area contributed by atoms with E-state index in [1.54, 1.807) is 48.5 Å². The molecule has 0 saturated carbocycles. The highest BCUT2D eigenvalue weighted by atomic mass is 16.6. The first-order valence-corrected chi connectivity index (χ1v) is 29.8. The maximum absolute atomic E-state index is 13.1. The molecule has 446 valence electrons. The second kappa shape index (κ2) is 35.0. The van der Waals surface area contributed by atoms with Crippen LogP contribution < -0.4 is 28.4 Å². The van der Waals surface area contributed by atoms with Crippen LogP contribution in [0.2, 0.25) is 0 Å². The van der Waals surface area contributed by atoms with Crippen LogP contribution in [0.3, 0.4) is 0 Å². The number of carbonyl (C=O) groups excluding carboxylic acids is 6. The minimum absolute atomic E-state index is 0.119. The molecule has 0 fully saturated rings. The van der Waals surface area contributed by atoms with Crippen molar-refractivity contribution in [1.29, 1.82) is 0 Å². The number of esters is 6. The molecule has 0 aliphatic rings. The van der Waals surface area contributed by atoms with Gasteiger partial charge >= 0.3 is 35.8 Å². The first-order valence-electron chi connectivity index (χ1n) is 29.8. The van der Waals surface area contributed by atoms with Crippen molar-refractivity contribution in [2.24, 2.45) is 0 Å². The van der Waals surface area contributed by atoms with E-state index >= 15 is 0 Å². The van der Waals surface area contributed by atoms with Crippen molar-refractivity contribution < 1.29 is 66.7 Å². The van der Waals surface area contributed by atoms with Gasteiger partial charge in [0.15, 0.2) is 23.0 Å². The molecular weight excluding hydrogens is 1060 g/mol. The van der Waals surface area contributed by atoms with E-state index < -0.39 is 23.9 Å². The Morgan fingerprint density at radius 1 is 0.333 bits per heavy atom. The summed E-state index contributed by atoms with van der Waals surface area (Å²) in [6.07, 6.45) is 18.2. The van der Waals surface area contributed by atoms with Gasteiger partial charge in [0, 0.05) is 12.8 Å². The largest absolute Gasteiger partial charge is 0.493 e. The third kappa shape index (κ3) is 21.5. The molecule has 0 aliphatic carbocycles. The second-order valence-corrected chi connectivity index (χ2v) is 21.1. The van der Waals surface area contributed by atoms with Gasteiger partial charge in [-0.15, -0.1) is 0 Å². The predicted octanol–water partition coefficient (Wildman–Crippen LogP) is 16.9. The number of benzene rings is 6. The van der Waals surface area contributed by atoms with Crippen molar-refractivity contribution in [3.8, 4) is 56.8 Å². The molecule has 0 amide bonds. The highest BCUT2D eigenvalue weighted by molar-refractivity contribution is 5.94. The van der Waals surface area contributed by atoms with Crippen LogP contribution in [0.25, 0.3) is 22.3 Å². The van der Waals surface area contributed by atoms with E-state index in [9.17, 15) is 28.8 Å². The van der Waals surface area contributed by atoms with Crippen LogP contribution in [-0.2, 0) is 19.1 Å². The number of rotatable bonds is 35. The lowest BCUT2D eigenvalue weighted by Crippen LogP contribution is -2.15. The lowest BCUT2D eigenvalue weighted by molar-refractivity contribution is -0.135. The molecule has 2 atom stereocenters. The van der Waals surface area contributed by atoms with Gasteiger partial charge in [-0.1, -0.05) is 139 Å². The number of ether oxygens (including phenoxy) is 8. The molecular formula is C70H82O14. The van der Waals surface area contributed by atoms with Crippen molar-refractivity contribution in [2.75, 3.05) is 14.2 Å². The molecule has 14 heteroatoms. The predicted molar refractivity (Wildman–Crippen MR) is 324 cm³/mol. The summed E-state index contributed by atoms with van der Waals surface area (Å²) < 4.78 is 44.7. The molecule has 0 aromatic heterocycles. The average molecular weight is 1150 g/mol. The van der Waals surface area contributed by atoms with Gasteiger partial charge in [-0.25, -0.2) is 19.2 Å². The van der Waals surface area contributed by atoms with Gasteiger partial charge in [-0.2, -0.15) is 0 Å². The molecule has 6 aromatic rings. The van der Waals surface area contributed by atoms with E-state index in [0.29, 0.717) is 48.3 Å². The van der Waals surface area contributed by atoms with Crippen LogP contribution in [0.15, 0.2) is 133 Å². The molecule has 0 radical (unpaired) electrons. The highest BCUT2D eigenvalue weighted by Gasteiger charge is 2.20. The zero-order valence-electron chi connectivity index (χ0n) is 49.7. The minimum atomic E-state index is -0.629. The van der Waals surface area contributed by atoms with Crippen molar-refractivity contribution in [3.05, 3.63) is 156 Å². The summed E-state index contributed by atoms with van der Waals surface area (Å²) in [5.41, 5.74) is 4.86. The van der Waals surface area contributed by atoms with Crippen LogP contribution in [-0.4, -0.2) is 62.2 Å². The summed E-state index contributed by atoms with van der Waals surface area (Å²) >= 11 is 0. The first-order chi connectivity index (χ1) is 40.8. The summed E-state index contributed by atoms with van der Waals surface area (Å²) in [6.45, 7) is 8.28. The number of hydrogen-bond donors (Lipinski definition) is 0. The van der Waals surface area contributed by atoms with Gasteiger partial charge in [0.25, 0.3) is 0 Å². The van der Waals surface area contributed by atoms with E-state index in [1.165, 1.54) is 102 Å². The summed E-state index contributed by atoms with van der Waals surface area (Å²) in [7, 11) is 2.82. The standard InChI is InChI=1S/C70H82O14/c1-7-9-11-13-15-19-23-49(3)79-67(73)55-31-27-51(28-32-55)53-35-41-59(42-36-53)81-69(75)57-39-45-61(63(47-57)77-5)83-65(71)25-21-17-18-22-26-66(72)84-62-46-40-58(48-64(62)78-6)70(76)82-60-43-37-54(38-44-60)52-29-33-56(34-30-52)68(74)80-50(4)24-20-16-14-12-10-8-2/h27-50H,7-26H2,1-6H3.